The molecule has 1 aromatic heterocycles. The molecule has 0 saturated heterocycles. The van der Waals surface area contributed by atoms with Crippen molar-refractivity contribution in [3.8, 4) is 5.69 Å². The topological polar surface area (TPSA) is 29.9 Å². The molecule has 0 amide bonds. The summed E-state index contributed by atoms with van der Waals surface area (Å²) in [4.78, 5) is 0. The molecule has 0 aliphatic rings. The van der Waals surface area contributed by atoms with Crippen LogP contribution in [0.15, 0.2) is 36.5 Å². The van der Waals surface area contributed by atoms with Crippen molar-refractivity contribution in [3.05, 3.63) is 47.8 Å². The van der Waals surface area contributed by atoms with Gasteiger partial charge in [0.25, 0.3) is 0 Å². The first-order chi connectivity index (χ1) is 8.50. The molecule has 96 valence electrons. The van der Waals surface area contributed by atoms with E-state index < -0.39 is 0 Å². The molecule has 0 fully saturated rings. The van der Waals surface area contributed by atoms with Gasteiger partial charge in [-0.2, -0.15) is 5.10 Å². The summed E-state index contributed by atoms with van der Waals surface area (Å²) in [5, 5.41) is 7.62. The molecule has 1 heterocycles. The molecule has 0 aliphatic heterocycles. The molecule has 1 N–H and O–H groups in total. The number of hydrogen-bond acceptors (Lipinski definition) is 2. The van der Waals surface area contributed by atoms with Gasteiger partial charge in [-0.15, -0.1) is 0 Å². The Hall–Kier alpha value is -1.61. The summed E-state index contributed by atoms with van der Waals surface area (Å²) in [7, 11) is 1.93. The van der Waals surface area contributed by atoms with E-state index in [2.05, 4.69) is 55.5 Å². The second kappa shape index (κ2) is 4.94. The van der Waals surface area contributed by atoms with E-state index >= 15 is 0 Å². The minimum atomic E-state index is 0.194. The van der Waals surface area contributed by atoms with Gasteiger partial charge in [0, 0.05) is 12.7 Å². The Bertz CT molecular complexity index is 503. The van der Waals surface area contributed by atoms with Crippen LogP contribution in [-0.2, 0) is 12.0 Å². The lowest BCUT2D eigenvalue weighted by atomic mass is 9.87. The van der Waals surface area contributed by atoms with Crippen LogP contribution in [0.2, 0.25) is 0 Å². The van der Waals surface area contributed by atoms with Gasteiger partial charge in [-0.25, -0.2) is 4.68 Å². The first kappa shape index (κ1) is 12.8. The number of hydrogen-bond donors (Lipinski definition) is 1. The molecule has 0 atom stereocenters. The standard InChI is InChI=1S/C15H21N3/c1-15(2,3)12-5-7-14(8-6-12)18-10-9-13(17-18)11-16-4/h5-10,16H,11H2,1-4H3. The first-order valence-corrected chi connectivity index (χ1v) is 6.31. The molecule has 0 unspecified atom stereocenters. The Labute approximate surface area is 109 Å². The van der Waals surface area contributed by atoms with Crippen LogP contribution in [0.25, 0.3) is 5.69 Å². The predicted octanol–water partition coefficient (Wildman–Crippen LogP) is 2.89. The fraction of sp³-hybridized carbons (Fsp3) is 0.400. The van der Waals surface area contributed by atoms with Gasteiger partial charge in [-0.3, -0.25) is 0 Å². The van der Waals surface area contributed by atoms with E-state index in [4.69, 9.17) is 0 Å². The van der Waals surface area contributed by atoms with Crippen molar-refractivity contribution in [2.24, 2.45) is 0 Å². The number of nitrogens with one attached hydrogen (secondary N) is 1. The lowest BCUT2D eigenvalue weighted by molar-refractivity contribution is 0.590. The molecule has 3 nitrogen and oxygen atoms in total. The monoisotopic (exact) mass is 243 g/mol. The second-order valence-electron chi connectivity index (χ2n) is 5.58. The van der Waals surface area contributed by atoms with Crippen molar-refractivity contribution in [1.29, 1.82) is 0 Å². The van der Waals surface area contributed by atoms with Gasteiger partial charge in [0.1, 0.15) is 0 Å². The highest BCUT2D eigenvalue weighted by molar-refractivity contribution is 5.36. The second-order valence-corrected chi connectivity index (χ2v) is 5.58. The largest absolute Gasteiger partial charge is 0.314 e. The van der Waals surface area contributed by atoms with Crippen LogP contribution in [0.1, 0.15) is 32.0 Å². The zero-order chi connectivity index (χ0) is 13.2. The van der Waals surface area contributed by atoms with Crippen LogP contribution in [0.3, 0.4) is 0 Å². The third kappa shape index (κ3) is 2.79. The zero-order valence-electron chi connectivity index (χ0n) is 11.6. The van der Waals surface area contributed by atoms with Gasteiger partial charge < -0.3 is 5.32 Å². The molecular weight excluding hydrogens is 222 g/mol. The SMILES string of the molecule is CNCc1ccn(-c2ccc(C(C)(C)C)cc2)n1. The number of aromatic nitrogens is 2. The molecule has 1 aromatic carbocycles. The maximum Gasteiger partial charge on any atom is 0.0766 e. The summed E-state index contributed by atoms with van der Waals surface area (Å²) in [6, 6.07) is 10.6. The summed E-state index contributed by atoms with van der Waals surface area (Å²) >= 11 is 0. The van der Waals surface area contributed by atoms with Gasteiger partial charge in [0.15, 0.2) is 0 Å². The van der Waals surface area contributed by atoms with Gasteiger partial charge in [0.2, 0.25) is 0 Å². The molecule has 0 spiro atoms. The van der Waals surface area contributed by atoms with E-state index in [0.29, 0.717) is 0 Å². The summed E-state index contributed by atoms with van der Waals surface area (Å²) in [5.41, 5.74) is 3.69. The van der Waals surface area contributed by atoms with Crippen LogP contribution in [0.5, 0.6) is 0 Å². The summed E-state index contributed by atoms with van der Waals surface area (Å²) in [5.74, 6) is 0. The third-order valence-electron chi connectivity index (χ3n) is 3.00. The maximum atomic E-state index is 4.52. The van der Waals surface area contributed by atoms with Crippen LogP contribution in [0, 0.1) is 0 Å². The summed E-state index contributed by atoms with van der Waals surface area (Å²) in [6.07, 6.45) is 2.00. The minimum Gasteiger partial charge on any atom is -0.314 e. The predicted molar refractivity (Wildman–Crippen MR) is 75.0 cm³/mol. The normalized spacial score (nSPS) is 11.8. The summed E-state index contributed by atoms with van der Waals surface area (Å²) < 4.78 is 1.92. The number of rotatable bonds is 3. The van der Waals surface area contributed by atoms with Crippen molar-refractivity contribution in [2.45, 2.75) is 32.7 Å². The molecular formula is C15H21N3. The van der Waals surface area contributed by atoms with E-state index in [-0.39, 0.29) is 5.41 Å². The molecule has 18 heavy (non-hydrogen) atoms. The van der Waals surface area contributed by atoms with Gasteiger partial charge in [-0.05, 0) is 36.2 Å². The van der Waals surface area contributed by atoms with Crippen LogP contribution < -0.4 is 5.32 Å². The minimum absolute atomic E-state index is 0.194. The van der Waals surface area contributed by atoms with Gasteiger partial charge >= 0.3 is 0 Å². The number of nitrogens with zero attached hydrogens (tertiary/aromatic N) is 2. The summed E-state index contributed by atoms with van der Waals surface area (Å²) in [6.45, 7) is 7.47. The Balaban J connectivity index is 2.23. The Morgan fingerprint density at radius 3 is 2.33 bits per heavy atom. The third-order valence-corrected chi connectivity index (χ3v) is 3.00. The quantitative estimate of drug-likeness (QED) is 0.898. The lowest BCUT2D eigenvalue weighted by Gasteiger charge is -2.19. The molecule has 2 rings (SSSR count). The van der Waals surface area contributed by atoms with Crippen molar-refractivity contribution < 1.29 is 0 Å². The Morgan fingerprint density at radius 1 is 1.11 bits per heavy atom. The van der Waals surface area contributed by atoms with E-state index in [1.807, 2.05) is 24.0 Å². The Kier molecular flexibility index (Phi) is 3.53. The lowest BCUT2D eigenvalue weighted by Crippen LogP contribution is -2.11. The maximum absolute atomic E-state index is 4.52. The first-order valence-electron chi connectivity index (χ1n) is 6.31. The van der Waals surface area contributed by atoms with Gasteiger partial charge in [0.05, 0.1) is 11.4 Å². The average molecular weight is 243 g/mol. The molecule has 0 radical (unpaired) electrons. The van der Waals surface area contributed by atoms with E-state index in [1.54, 1.807) is 0 Å². The molecule has 0 aliphatic carbocycles. The smallest absolute Gasteiger partial charge is 0.0766 e. The van der Waals surface area contributed by atoms with E-state index in [0.717, 1.165) is 17.9 Å². The van der Waals surface area contributed by atoms with Crippen molar-refractivity contribution in [2.75, 3.05) is 7.05 Å². The highest BCUT2D eigenvalue weighted by atomic mass is 15.3. The number of benzene rings is 1. The molecule has 0 bridgehead atoms. The van der Waals surface area contributed by atoms with Crippen LogP contribution >= 0.6 is 0 Å². The van der Waals surface area contributed by atoms with E-state index in [1.165, 1.54) is 5.56 Å². The van der Waals surface area contributed by atoms with Crippen molar-refractivity contribution >= 4 is 0 Å². The van der Waals surface area contributed by atoms with Crippen LogP contribution in [0.4, 0.5) is 0 Å². The molecule has 2 aromatic rings. The fourth-order valence-corrected chi connectivity index (χ4v) is 1.90. The highest BCUT2D eigenvalue weighted by Crippen LogP contribution is 2.23. The van der Waals surface area contributed by atoms with Crippen molar-refractivity contribution in [3.63, 3.8) is 0 Å². The average Bonchev–Trinajstić information content (AvgIpc) is 2.77. The zero-order valence-corrected chi connectivity index (χ0v) is 11.6. The molecule has 0 saturated carbocycles. The van der Waals surface area contributed by atoms with Gasteiger partial charge in [-0.1, -0.05) is 32.9 Å². The van der Waals surface area contributed by atoms with Crippen LogP contribution in [-0.4, -0.2) is 16.8 Å². The van der Waals surface area contributed by atoms with Crippen molar-refractivity contribution in [1.82, 2.24) is 15.1 Å². The fourth-order valence-electron chi connectivity index (χ4n) is 1.90. The van der Waals surface area contributed by atoms with E-state index in [9.17, 15) is 0 Å². The highest BCUT2D eigenvalue weighted by Gasteiger charge is 2.13. The Morgan fingerprint density at radius 2 is 1.78 bits per heavy atom. The molecule has 3 heteroatoms.